The van der Waals surface area contributed by atoms with Gasteiger partial charge in [-0.2, -0.15) is 14.0 Å². The predicted molar refractivity (Wildman–Crippen MR) is 117 cm³/mol. The number of nitriles is 1. The molecule has 32 heavy (non-hydrogen) atoms. The normalized spacial score (nSPS) is 11.8. The van der Waals surface area contributed by atoms with Crippen LogP contribution in [-0.2, 0) is 6.54 Å². The number of aromatic nitrogens is 4. The van der Waals surface area contributed by atoms with E-state index in [1.807, 2.05) is 6.07 Å². The first kappa shape index (κ1) is 21.0. The van der Waals surface area contributed by atoms with Crippen molar-refractivity contribution in [3.63, 3.8) is 0 Å². The first-order chi connectivity index (χ1) is 15.5. The molecule has 0 amide bonds. The molecule has 2 aromatic carbocycles. The Morgan fingerprint density at radius 2 is 1.94 bits per heavy atom. The number of nitrogens with two attached hydrogens (primary N) is 1. The van der Waals surface area contributed by atoms with Crippen molar-refractivity contribution in [2.24, 2.45) is 0 Å². The van der Waals surface area contributed by atoms with Crippen molar-refractivity contribution in [1.29, 1.82) is 5.26 Å². The van der Waals surface area contributed by atoms with Gasteiger partial charge in [0.25, 0.3) is 5.92 Å². The Morgan fingerprint density at radius 3 is 2.72 bits per heavy atom. The van der Waals surface area contributed by atoms with E-state index in [1.165, 1.54) is 10.6 Å². The molecule has 8 nitrogen and oxygen atoms in total. The number of hydrogen-bond donors (Lipinski definition) is 2. The van der Waals surface area contributed by atoms with Gasteiger partial charge in [0.2, 0.25) is 5.82 Å². The van der Waals surface area contributed by atoms with Crippen molar-refractivity contribution in [1.82, 2.24) is 19.9 Å². The van der Waals surface area contributed by atoms with Crippen molar-refractivity contribution in [2.75, 3.05) is 17.6 Å². The molecule has 162 valence electrons. The fraction of sp³-hybridized carbons (Fsp3) is 0.182. The Balaban J connectivity index is 1.69. The summed E-state index contributed by atoms with van der Waals surface area (Å²) in [6.07, 6.45) is 2.44. The molecule has 0 aliphatic heterocycles. The molecule has 0 aliphatic carbocycles. The van der Waals surface area contributed by atoms with E-state index < -0.39 is 12.5 Å². The van der Waals surface area contributed by atoms with Crippen LogP contribution >= 0.6 is 0 Å². The van der Waals surface area contributed by atoms with Gasteiger partial charge in [-0.25, -0.2) is 9.61 Å². The average Bonchev–Trinajstić information content (AvgIpc) is 3.38. The van der Waals surface area contributed by atoms with Crippen LogP contribution in [0.2, 0.25) is 0 Å². The Kier molecular flexibility index (Phi) is 5.81. The molecule has 0 spiro atoms. The number of allylic oxidation sites excluding steroid dienone is 1. The number of nitrogen functional groups attached to an aromatic ring is 1. The molecule has 10 heteroatoms. The van der Waals surface area contributed by atoms with E-state index in [9.17, 15) is 8.78 Å². The third-order valence-electron chi connectivity index (χ3n) is 4.71. The third-order valence-corrected chi connectivity index (χ3v) is 4.71. The molecule has 0 bridgehead atoms. The van der Waals surface area contributed by atoms with Crippen molar-refractivity contribution < 1.29 is 13.4 Å². The molecule has 0 fully saturated rings. The lowest BCUT2D eigenvalue weighted by molar-refractivity contribution is 0.0384. The number of anilines is 2. The minimum absolute atomic E-state index is 0.187. The highest BCUT2D eigenvalue weighted by Gasteiger charge is 2.30. The number of halogens is 2. The lowest BCUT2D eigenvalue weighted by Crippen LogP contribution is -2.21. The minimum atomic E-state index is -3.19. The van der Waals surface area contributed by atoms with Crippen LogP contribution in [0.25, 0.3) is 28.6 Å². The molecule has 0 saturated heterocycles. The van der Waals surface area contributed by atoms with Gasteiger partial charge >= 0.3 is 0 Å². The summed E-state index contributed by atoms with van der Waals surface area (Å²) in [5.41, 5.74) is 8.06. The fourth-order valence-corrected chi connectivity index (χ4v) is 3.19. The van der Waals surface area contributed by atoms with Gasteiger partial charge in [0.15, 0.2) is 11.5 Å². The van der Waals surface area contributed by atoms with E-state index in [-0.39, 0.29) is 23.8 Å². The maximum absolute atomic E-state index is 15.0. The Bertz CT molecular complexity index is 1290. The second-order valence-electron chi connectivity index (χ2n) is 7.07. The molecular formula is C22H19F2N7O. The molecule has 3 N–H and O–H groups in total. The van der Waals surface area contributed by atoms with Crippen LogP contribution in [0, 0.1) is 11.3 Å². The number of benzene rings is 2. The van der Waals surface area contributed by atoms with Crippen molar-refractivity contribution in [3.8, 4) is 17.6 Å². The summed E-state index contributed by atoms with van der Waals surface area (Å²) in [4.78, 5) is 4.48. The summed E-state index contributed by atoms with van der Waals surface area (Å²) in [6.45, 7) is -0.364. The number of nitrogens with one attached hydrogen (secondary N) is 1. The summed E-state index contributed by atoms with van der Waals surface area (Å²) in [6, 6.07) is 15.6. The van der Waals surface area contributed by atoms with Gasteiger partial charge in [0.05, 0.1) is 30.1 Å². The van der Waals surface area contributed by atoms with Crippen LogP contribution in [0.3, 0.4) is 0 Å². The van der Waals surface area contributed by atoms with Gasteiger partial charge in [-0.1, -0.05) is 30.3 Å². The first-order valence-corrected chi connectivity index (χ1v) is 9.78. The lowest BCUT2D eigenvalue weighted by atomic mass is 10.1. The molecule has 2 aromatic heterocycles. The van der Waals surface area contributed by atoms with Crippen molar-refractivity contribution in [3.05, 3.63) is 60.2 Å². The predicted octanol–water partition coefficient (Wildman–Crippen LogP) is 4.34. The number of imidazole rings is 1. The van der Waals surface area contributed by atoms with Crippen LogP contribution in [0.4, 0.5) is 20.3 Å². The minimum Gasteiger partial charge on any atom is -0.399 e. The number of fused-ring (bicyclic) bond motifs is 1. The van der Waals surface area contributed by atoms with Gasteiger partial charge in [-0.05, 0) is 46.2 Å². The molecule has 0 aliphatic rings. The van der Waals surface area contributed by atoms with E-state index in [4.69, 9.17) is 15.6 Å². The third kappa shape index (κ3) is 4.57. The average molecular weight is 435 g/mol. The SMILES string of the molecule is N#CCCNc1nonc1-c1nc2ccccc2n1CC(F)(F)/C=C/c1ccc(N)cc1. The number of hydrogen-bond acceptors (Lipinski definition) is 7. The largest absolute Gasteiger partial charge is 0.399 e. The van der Waals surface area contributed by atoms with Crippen molar-refractivity contribution >= 4 is 28.6 Å². The topological polar surface area (TPSA) is 119 Å². The molecule has 0 radical (unpaired) electrons. The summed E-state index contributed by atoms with van der Waals surface area (Å²) in [5, 5.41) is 19.3. The lowest BCUT2D eigenvalue weighted by Gasteiger charge is -2.15. The van der Waals surface area contributed by atoms with Crippen LogP contribution in [0.1, 0.15) is 12.0 Å². The van der Waals surface area contributed by atoms with Gasteiger partial charge in [0, 0.05) is 12.2 Å². The zero-order chi connectivity index (χ0) is 22.6. The number of para-hydroxylation sites is 2. The second-order valence-corrected chi connectivity index (χ2v) is 7.07. The highest BCUT2D eigenvalue weighted by molar-refractivity contribution is 5.82. The molecule has 2 heterocycles. The first-order valence-electron chi connectivity index (χ1n) is 9.78. The maximum Gasteiger partial charge on any atom is 0.284 e. The highest BCUT2D eigenvalue weighted by atomic mass is 19.3. The molecule has 0 atom stereocenters. The molecule has 4 rings (SSSR count). The highest BCUT2D eigenvalue weighted by Crippen LogP contribution is 2.31. The summed E-state index contributed by atoms with van der Waals surface area (Å²) >= 11 is 0. The quantitative estimate of drug-likeness (QED) is 0.312. The number of nitrogens with zero attached hydrogens (tertiary/aromatic N) is 5. The molecule has 0 unspecified atom stereocenters. The standard InChI is InChI=1S/C22H19F2N7O/c23-22(24,11-10-15-6-8-16(26)9-7-15)14-31-18-5-2-1-4-17(18)28-21(31)19-20(30-32-29-19)27-13-3-12-25/h1-2,4-11H,3,13-14,26H2,(H,27,30)/b11-10+. The second kappa shape index (κ2) is 8.85. The Morgan fingerprint density at radius 1 is 1.16 bits per heavy atom. The number of alkyl halides is 2. The van der Waals surface area contributed by atoms with Crippen LogP contribution in [-0.4, -0.2) is 32.3 Å². The maximum atomic E-state index is 15.0. The van der Waals surface area contributed by atoms with Gasteiger partial charge < -0.3 is 15.6 Å². The van der Waals surface area contributed by atoms with E-state index in [0.717, 1.165) is 6.08 Å². The summed E-state index contributed by atoms with van der Waals surface area (Å²) in [7, 11) is 0. The van der Waals surface area contributed by atoms with E-state index in [1.54, 1.807) is 48.5 Å². The van der Waals surface area contributed by atoms with Crippen molar-refractivity contribution in [2.45, 2.75) is 18.9 Å². The number of rotatable bonds is 8. The summed E-state index contributed by atoms with van der Waals surface area (Å²) in [5.74, 6) is -2.77. The molecule has 0 saturated carbocycles. The molecule has 4 aromatic rings. The Labute approximate surface area is 181 Å². The zero-order valence-electron chi connectivity index (χ0n) is 16.9. The summed E-state index contributed by atoms with van der Waals surface area (Å²) < 4.78 is 36.2. The van der Waals surface area contributed by atoms with Gasteiger partial charge in [0.1, 0.15) is 0 Å². The Hall–Kier alpha value is -4.26. The van der Waals surface area contributed by atoms with Crippen LogP contribution in [0.15, 0.2) is 59.2 Å². The van der Waals surface area contributed by atoms with E-state index in [2.05, 4.69) is 20.6 Å². The van der Waals surface area contributed by atoms with E-state index in [0.29, 0.717) is 28.8 Å². The smallest absolute Gasteiger partial charge is 0.284 e. The fourth-order valence-electron chi connectivity index (χ4n) is 3.19. The van der Waals surface area contributed by atoms with Gasteiger partial charge in [-0.15, -0.1) is 0 Å². The van der Waals surface area contributed by atoms with Crippen LogP contribution < -0.4 is 11.1 Å². The van der Waals surface area contributed by atoms with Crippen LogP contribution in [0.5, 0.6) is 0 Å². The monoisotopic (exact) mass is 435 g/mol. The van der Waals surface area contributed by atoms with Gasteiger partial charge in [-0.3, -0.25) is 0 Å². The van der Waals surface area contributed by atoms with E-state index >= 15 is 0 Å². The zero-order valence-corrected chi connectivity index (χ0v) is 16.9. The molecular weight excluding hydrogens is 416 g/mol.